The predicted octanol–water partition coefficient (Wildman–Crippen LogP) is 10.8. The van der Waals surface area contributed by atoms with Gasteiger partial charge in [-0.1, -0.05) is 0 Å². The van der Waals surface area contributed by atoms with Gasteiger partial charge in [0.25, 0.3) is 0 Å². The van der Waals surface area contributed by atoms with E-state index in [4.69, 9.17) is 56.8 Å². The number of hydrogen-bond donors (Lipinski definition) is 0. The highest BCUT2D eigenvalue weighted by atomic mass is 16.5. The Morgan fingerprint density at radius 1 is 0.153 bits per heavy atom. The molecule has 12 bridgehead atoms. The van der Waals surface area contributed by atoms with Gasteiger partial charge < -0.3 is 56.8 Å². The summed E-state index contributed by atoms with van der Waals surface area (Å²) in [6, 6.07) is 25.1. The second-order valence-corrected chi connectivity index (χ2v) is 17.9. The SMILES string of the molecule is COc1cc2c(OC)cc1CCc1cc(OC)c(cc1OC)CCc1cc(OC)c(cc1OC)CCc1cc(OC)c(cc1OC)CCc1cc(OC)c(cc1OC)CCc1cc(OC)c(cc1OC)CC2. The summed E-state index contributed by atoms with van der Waals surface area (Å²) >= 11 is 0. The first-order chi connectivity index (χ1) is 35.1. The fourth-order valence-corrected chi connectivity index (χ4v) is 10.1. The van der Waals surface area contributed by atoms with Gasteiger partial charge >= 0.3 is 0 Å². The number of ether oxygens (including phenoxy) is 12. The van der Waals surface area contributed by atoms with Crippen molar-refractivity contribution in [2.24, 2.45) is 0 Å². The molecule has 0 atom stereocenters. The molecule has 384 valence electrons. The van der Waals surface area contributed by atoms with Crippen molar-refractivity contribution < 1.29 is 56.8 Å². The zero-order valence-corrected chi connectivity index (χ0v) is 44.3. The molecular formula is C60H72O12. The molecule has 72 heavy (non-hydrogen) atoms. The first-order valence-corrected chi connectivity index (χ1v) is 24.5. The average Bonchev–Trinajstić information content (AvgIpc) is 3.42. The minimum Gasteiger partial charge on any atom is -0.496 e. The molecule has 22 rings (SSSR count). The van der Waals surface area contributed by atoms with Crippen molar-refractivity contribution in [1.82, 2.24) is 0 Å². The molecule has 0 saturated heterocycles. The smallest absolute Gasteiger partial charge is 0.122 e. The van der Waals surface area contributed by atoms with E-state index in [1.54, 1.807) is 85.3 Å². The maximum Gasteiger partial charge on any atom is 0.122 e. The molecule has 0 spiro atoms. The summed E-state index contributed by atoms with van der Waals surface area (Å²) in [6.07, 6.45) is 8.20. The second-order valence-electron chi connectivity index (χ2n) is 17.9. The highest BCUT2D eigenvalue weighted by Crippen LogP contribution is 2.40. The number of rotatable bonds is 12. The molecule has 12 nitrogen and oxygen atoms in total. The van der Waals surface area contributed by atoms with Crippen LogP contribution >= 0.6 is 0 Å². The Morgan fingerprint density at radius 2 is 0.222 bits per heavy atom. The molecule has 0 fully saturated rings. The summed E-state index contributed by atoms with van der Waals surface area (Å²) in [5.74, 6) is 9.56. The van der Waals surface area contributed by atoms with Crippen molar-refractivity contribution in [3.8, 4) is 69.0 Å². The molecule has 0 heterocycles. The quantitative estimate of drug-likeness (QED) is 0.116. The third-order valence-electron chi connectivity index (χ3n) is 14.1. The lowest BCUT2D eigenvalue weighted by Crippen LogP contribution is -2.06. The first kappa shape index (κ1) is 52.7. The first-order valence-electron chi connectivity index (χ1n) is 24.5. The molecule has 0 radical (unpaired) electrons. The maximum absolute atomic E-state index is 6.02. The third kappa shape index (κ3) is 11.8. The van der Waals surface area contributed by atoms with Crippen molar-refractivity contribution >= 4 is 0 Å². The summed E-state index contributed by atoms with van der Waals surface area (Å²) in [6.45, 7) is 0. The lowest BCUT2D eigenvalue weighted by atomic mass is 9.94. The maximum atomic E-state index is 6.02. The van der Waals surface area contributed by atoms with E-state index in [-0.39, 0.29) is 0 Å². The Hall–Kier alpha value is -7.08. The van der Waals surface area contributed by atoms with Crippen LogP contribution in [0.1, 0.15) is 66.8 Å². The van der Waals surface area contributed by atoms with Gasteiger partial charge in [-0.3, -0.25) is 0 Å². The Morgan fingerprint density at radius 3 is 0.278 bits per heavy atom. The summed E-state index contributed by atoms with van der Waals surface area (Å²) in [5.41, 5.74) is 12.3. The lowest BCUT2D eigenvalue weighted by Gasteiger charge is -2.19. The molecule has 0 saturated carbocycles. The van der Waals surface area contributed by atoms with Crippen LogP contribution in [0.25, 0.3) is 0 Å². The van der Waals surface area contributed by atoms with Gasteiger partial charge in [-0.05, 0) is 217 Å². The zero-order chi connectivity index (χ0) is 51.3. The van der Waals surface area contributed by atoms with Crippen molar-refractivity contribution in [3.05, 3.63) is 140 Å². The van der Waals surface area contributed by atoms with E-state index >= 15 is 0 Å². The van der Waals surface area contributed by atoms with Gasteiger partial charge in [0, 0.05) is 0 Å². The van der Waals surface area contributed by atoms with Gasteiger partial charge in [0.2, 0.25) is 0 Å². The molecule has 0 unspecified atom stereocenters. The van der Waals surface area contributed by atoms with Crippen molar-refractivity contribution in [2.75, 3.05) is 85.3 Å². The Bertz CT molecular complexity index is 2130. The number of benzene rings is 6. The molecule has 6 aromatic carbocycles. The van der Waals surface area contributed by atoms with E-state index in [0.717, 1.165) is 136 Å². The highest BCUT2D eigenvalue weighted by Gasteiger charge is 2.21. The van der Waals surface area contributed by atoms with E-state index < -0.39 is 0 Å². The molecule has 16 aliphatic rings. The van der Waals surface area contributed by atoms with Crippen LogP contribution in [0.3, 0.4) is 0 Å². The van der Waals surface area contributed by atoms with Gasteiger partial charge in [-0.25, -0.2) is 0 Å². The lowest BCUT2D eigenvalue weighted by molar-refractivity contribution is 0.388. The average molecular weight is 985 g/mol. The highest BCUT2D eigenvalue weighted by molar-refractivity contribution is 5.55. The summed E-state index contributed by atoms with van der Waals surface area (Å²) < 4.78 is 72.2. The van der Waals surface area contributed by atoms with Gasteiger partial charge in [-0.15, -0.1) is 0 Å². The molecule has 6 aromatic rings. The molecule has 0 N–H and O–H groups in total. The van der Waals surface area contributed by atoms with Crippen molar-refractivity contribution in [2.45, 2.75) is 77.0 Å². The van der Waals surface area contributed by atoms with E-state index in [9.17, 15) is 0 Å². The van der Waals surface area contributed by atoms with E-state index in [1.807, 2.05) is 0 Å². The molecular weight excluding hydrogens is 913 g/mol. The van der Waals surface area contributed by atoms with Gasteiger partial charge in [-0.2, -0.15) is 0 Å². The Labute approximate surface area is 426 Å². The van der Waals surface area contributed by atoms with Crippen LogP contribution in [0.15, 0.2) is 72.8 Å². The third-order valence-corrected chi connectivity index (χ3v) is 14.1. The minimum absolute atomic E-state index is 0.683. The molecule has 16 aliphatic carbocycles. The number of aryl methyl sites for hydroxylation is 12. The standard InChI is InChI=1S/C60H72O12/c1-61-49-25-38-15-16-40-28-54(66-6)42(30-53(40)65-5)19-20-44-32-58(70-10)46(34-57(44)69-9)23-24-48-36-59(71-11)47(35-60(48)72-12)22-21-45-33-55(67-7)43(31-56(45)68-8)18-17-41-29-51(63-3)39(27-52(41)64-4)14-13-37(49)26-50(38)62-2/h25-36H,13-24H2,1-12H3. The fourth-order valence-electron chi connectivity index (χ4n) is 10.1. The van der Waals surface area contributed by atoms with Crippen LogP contribution in [-0.2, 0) is 77.0 Å². The van der Waals surface area contributed by atoms with Crippen LogP contribution in [0, 0.1) is 0 Å². The van der Waals surface area contributed by atoms with Gasteiger partial charge in [0.05, 0.1) is 85.3 Å². The topological polar surface area (TPSA) is 111 Å². The monoisotopic (exact) mass is 985 g/mol. The normalized spacial score (nSPS) is 13.2. The van der Waals surface area contributed by atoms with E-state index in [0.29, 0.717) is 77.0 Å². The number of methoxy groups -OCH3 is 12. The van der Waals surface area contributed by atoms with Crippen LogP contribution in [0.4, 0.5) is 0 Å². The zero-order valence-electron chi connectivity index (χ0n) is 44.3. The van der Waals surface area contributed by atoms with Gasteiger partial charge in [0.15, 0.2) is 0 Å². The summed E-state index contributed by atoms with van der Waals surface area (Å²) in [4.78, 5) is 0. The van der Waals surface area contributed by atoms with E-state index in [1.165, 1.54) is 0 Å². The molecule has 0 amide bonds. The second kappa shape index (κ2) is 24.8. The van der Waals surface area contributed by atoms with E-state index in [2.05, 4.69) is 72.8 Å². The Kier molecular flexibility index (Phi) is 18.2. The Balaban J connectivity index is 1.27. The molecule has 0 aliphatic heterocycles. The minimum atomic E-state index is 0.683. The van der Waals surface area contributed by atoms with Crippen LogP contribution in [0.2, 0.25) is 0 Å². The molecule has 0 aromatic heterocycles. The summed E-state index contributed by atoms with van der Waals surface area (Å²) in [5, 5.41) is 0. The van der Waals surface area contributed by atoms with Crippen LogP contribution in [-0.4, -0.2) is 85.3 Å². The molecule has 12 heteroatoms. The van der Waals surface area contributed by atoms with Crippen molar-refractivity contribution in [1.29, 1.82) is 0 Å². The number of hydrogen-bond acceptors (Lipinski definition) is 12. The van der Waals surface area contributed by atoms with Crippen molar-refractivity contribution in [3.63, 3.8) is 0 Å². The van der Waals surface area contributed by atoms with Gasteiger partial charge in [0.1, 0.15) is 69.0 Å². The van der Waals surface area contributed by atoms with Crippen LogP contribution < -0.4 is 56.8 Å². The van der Waals surface area contributed by atoms with Crippen LogP contribution in [0.5, 0.6) is 69.0 Å². The predicted molar refractivity (Wildman–Crippen MR) is 282 cm³/mol. The summed E-state index contributed by atoms with van der Waals surface area (Å²) in [7, 11) is 20.5. The fraction of sp³-hybridized carbons (Fsp3) is 0.400. The largest absolute Gasteiger partial charge is 0.496 e.